The molecule has 0 saturated carbocycles. The zero-order valence-electron chi connectivity index (χ0n) is 19.0. The van der Waals surface area contributed by atoms with Crippen molar-refractivity contribution in [3.8, 4) is 11.6 Å². The first-order valence-corrected chi connectivity index (χ1v) is 10.8. The number of imide groups is 1. The summed E-state index contributed by atoms with van der Waals surface area (Å²) in [6, 6.07) is 4.53. The highest BCUT2D eigenvalue weighted by Crippen LogP contribution is 2.35. The molecule has 14 heteroatoms. The molecule has 3 aromatic heterocycles. The predicted octanol–water partition coefficient (Wildman–Crippen LogP) is 3.45. The molecular weight excluding hydrogens is 495 g/mol. The Bertz CT molecular complexity index is 1610. The number of hydrogen-bond donors (Lipinski definition) is 1. The van der Waals surface area contributed by atoms with Gasteiger partial charge >= 0.3 is 12.2 Å². The number of pyridine rings is 1. The van der Waals surface area contributed by atoms with E-state index in [2.05, 4.69) is 24.9 Å². The highest BCUT2D eigenvalue weighted by molar-refractivity contribution is 6.27. The van der Waals surface area contributed by atoms with Crippen molar-refractivity contribution in [2.24, 2.45) is 0 Å². The van der Waals surface area contributed by atoms with Crippen molar-refractivity contribution in [3.05, 3.63) is 70.7 Å². The molecule has 11 nitrogen and oxygen atoms in total. The number of anilines is 2. The zero-order valence-corrected chi connectivity index (χ0v) is 19.0. The Hall–Kier alpha value is -4.88. The van der Waals surface area contributed by atoms with Crippen LogP contribution in [0, 0.1) is 0 Å². The molecule has 1 aromatic carbocycles. The summed E-state index contributed by atoms with van der Waals surface area (Å²) in [6.45, 7) is 1.38. The molecule has 0 radical (unpaired) electrons. The van der Waals surface area contributed by atoms with Gasteiger partial charge in [0.05, 0.1) is 29.3 Å². The number of alkyl halides is 3. The normalized spacial score (nSPS) is 14.1. The molecule has 0 bridgehead atoms. The standard InChI is InChI=1S/C23H16F3N7O4/c1-2-12-5-14(3-4-16(12)37-21-19-20(29-11-30-21)31-17(34)9-28-19)33-18(35)10-32(22(33)36)15-6-13(7-27-8-15)23(24,25)26/h3-9,11H,2,10H2,1H3,(H,29,30,31,34). The molecule has 0 spiro atoms. The van der Waals surface area contributed by atoms with E-state index >= 15 is 0 Å². The molecule has 3 amide bonds. The molecule has 0 atom stereocenters. The fraction of sp³-hybridized carbons (Fsp3) is 0.174. The monoisotopic (exact) mass is 511 g/mol. The van der Waals surface area contributed by atoms with Crippen molar-refractivity contribution in [1.82, 2.24) is 24.9 Å². The lowest BCUT2D eigenvalue weighted by molar-refractivity contribution is -0.137. The molecule has 0 unspecified atom stereocenters. The third-order valence-electron chi connectivity index (χ3n) is 5.56. The number of urea groups is 1. The summed E-state index contributed by atoms with van der Waals surface area (Å²) in [7, 11) is 0. The van der Waals surface area contributed by atoms with Crippen LogP contribution in [0.25, 0.3) is 11.2 Å². The molecule has 37 heavy (non-hydrogen) atoms. The number of benzene rings is 1. The van der Waals surface area contributed by atoms with E-state index in [-0.39, 0.29) is 28.4 Å². The number of carbonyl (C=O) groups excluding carboxylic acids is 2. The van der Waals surface area contributed by atoms with Crippen molar-refractivity contribution < 1.29 is 27.5 Å². The summed E-state index contributed by atoms with van der Waals surface area (Å²) in [4.78, 5) is 57.3. The molecule has 5 rings (SSSR count). The molecule has 4 aromatic rings. The van der Waals surface area contributed by atoms with Gasteiger partial charge in [-0.05, 0) is 36.2 Å². The van der Waals surface area contributed by atoms with Crippen molar-refractivity contribution in [1.29, 1.82) is 0 Å². The number of aromatic nitrogens is 5. The number of H-pyrrole nitrogens is 1. The number of aryl methyl sites for hydroxylation is 1. The van der Waals surface area contributed by atoms with Gasteiger partial charge in [0.15, 0.2) is 11.2 Å². The van der Waals surface area contributed by atoms with E-state index in [1.807, 2.05) is 6.92 Å². The van der Waals surface area contributed by atoms with Crippen LogP contribution >= 0.6 is 0 Å². The quantitative estimate of drug-likeness (QED) is 0.403. The number of fused-ring (bicyclic) bond motifs is 1. The second kappa shape index (κ2) is 8.96. The summed E-state index contributed by atoms with van der Waals surface area (Å²) in [5, 5.41) is 0. The van der Waals surface area contributed by atoms with Crippen molar-refractivity contribution in [2.45, 2.75) is 19.5 Å². The minimum absolute atomic E-state index is 0.0836. The maximum absolute atomic E-state index is 13.1. The number of nitrogens with one attached hydrogen (secondary N) is 1. The van der Waals surface area contributed by atoms with Gasteiger partial charge < -0.3 is 9.72 Å². The zero-order chi connectivity index (χ0) is 26.3. The first kappa shape index (κ1) is 23.8. The van der Waals surface area contributed by atoms with E-state index in [1.165, 1.54) is 18.5 Å². The van der Waals surface area contributed by atoms with Gasteiger partial charge in [0, 0.05) is 6.20 Å². The van der Waals surface area contributed by atoms with Gasteiger partial charge in [0.2, 0.25) is 0 Å². The molecular formula is C23H16F3N7O4. The van der Waals surface area contributed by atoms with E-state index < -0.39 is 35.8 Å². The van der Waals surface area contributed by atoms with E-state index in [0.29, 0.717) is 23.9 Å². The number of rotatable bonds is 5. The van der Waals surface area contributed by atoms with E-state index in [9.17, 15) is 27.6 Å². The average Bonchev–Trinajstić information content (AvgIpc) is 3.17. The van der Waals surface area contributed by atoms with Gasteiger partial charge in [-0.3, -0.25) is 19.5 Å². The first-order valence-electron chi connectivity index (χ1n) is 10.8. The Labute approximate surface area is 205 Å². The van der Waals surface area contributed by atoms with Gasteiger partial charge in [0.1, 0.15) is 18.6 Å². The topological polar surface area (TPSA) is 134 Å². The van der Waals surface area contributed by atoms with Crippen LogP contribution in [0.15, 0.2) is 54.0 Å². The van der Waals surface area contributed by atoms with Crippen molar-refractivity contribution >= 4 is 34.5 Å². The Balaban J connectivity index is 1.44. The number of amides is 3. The Morgan fingerprint density at radius 1 is 1.03 bits per heavy atom. The summed E-state index contributed by atoms with van der Waals surface area (Å²) in [6.07, 6.45) is -0.211. The van der Waals surface area contributed by atoms with Gasteiger partial charge in [-0.1, -0.05) is 6.92 Å². The fourth-order valence-electron chi connectivity index (χ4n) is 3.79. The number of hydrogen-bond acceptors (Lipinski definition) is 8. The van der Waals surface area contributed by atoms with E-state index in [0.717, 1.165) is 28.3 Å². The van der Waals surface area contributed by atoms with Crippen LogP contribution in [-0.2, 0) is 17.4 Å². The lowest BCUT2D eigenvalue weighted by Gasteiger charge is -2.19. The van der Waals surface area contributed by atoms with E-state index in [1.54, 1.807) is 6.07 Å². The number of nitrogens with zero attached hydrogens (tertiary/aromatic N) is 6. The minimum atomic E-state index is -4.65. The van der Waals surface area contributed by atoms with Crippen LogP contribution in [0.4, 0.5) is 29.3 Å². The Morgan fingerprint density at radius 3 is 2.59 bits per heavy atom. The van der Waals surface area contributed by atoms with Gasteiger partial charge in [0.25, 0.3) is 17.3 Å². The third-order valence-corrected chi connectivity index (χ3v) is 5.56. The fourth-order valence-corrected chi connectivity index (χ4v) is 3.79. The molecule has 1 saturated heterocycles. The molecule has 1 fully saturated rings. The predicted molar refractivity (Wildman–Crippen MR) is 123 cm³/mol. The van der Waals surface area contributed by atoms with Crippen molar-refractivity contribution in [3.63, 3.8) is 0 Å². The van der Waals surface area contributed by atoms with Gasteiger partial charge in [-0.15, -0.1) is 0 Å². The molecule has 0 aliphatic carbocycles. The van der Waals surface area contributed by atoms with Crippen LogP contribution in [0.3, 0.4) is 0 Å². The largest absolute Gasteiger partial charge is 0.437 e. The maximum Gasteiger partial charge on any atom is 0.417 e. The third kappa shape index (κ3) is 4.44. The number of ether oxygens (including phenoxy) is 1. The molecule has 4 heterocycles. The summed E-state index contributed by atoms with van der Waals surface area (Å²) < 4.78 is 45.2. The second-order valence-corrected chi connectivity index (χ2v) is 7.90. The summed E-state index contributed by atoms with van der Waals surface area (Å²) in [5.74, 6) is -0.175. The van der Waals surface area contributed by atoms with Crippen LogP contribution in [-0.4, -0.2) is 43.4 Å². The van der Waals surface area contributed by atoms with E-state index in [4.69, 9.17) is 4.74 Å². The number of carbonyl (C=O) groups is 2. The van der Waals surface area contributed by atoms with Crippen LogP contribution in [0.1, 0.15) is 18.1 Å². The number of halogens is 3. The Morgan fingerprint density at radius 2 is 1.84 bits per heavy atom. The summed E-state index contributed by atoms with van der Waals surface area (Å²) in [5.41, 5.74) is -0.384. The lowest BCUT2D eigenvalue weighted by Crippen LogP contribution is -2.33. The second-order valence-electron chi connectivity index (χ2n) is 7.90. The molecule has 1 aliphatic rings. The van der Waals surface area contributed by atoms with Crippen LogP contribution < -0.4 is 20.1 Å². The van der Waals surface area contributed by atoms with Crippen molar-refractivity contribution in [2.75, 3.05) is 16.3 Å². The number of aromatic amines is 1. The minimum Gasteiger partial charge on any atom is -0.437 e. The van der Waals surface area contributed by atoms with Gasteiger partial charge in [-0.2, -0.15) is 18.2 Å². The molecule has 188 valence electrons. The molecule has 1 N–H and O–H groups in total. The smallest absolute Gasteiger partial charge is 0.417 e. The van der Waals surface area contributed by atoms with Crippen LogP contribution in [0.5, 0.6) is 11.6 Å². The Kier molecular flexibility index (Phi) is 5.78. The van der Waals surface area contributed by atoms with Gasteiger partial charge in [-0.25, -0.2) is 19.7 Å². The van der Waals surface area contributed by atoms with Crippen LogP contribution in [0.2, 0.25) is 0 Å². The maximum atomic E-state index is 13.1. The molecule has 1 aliphatic heterocycles. The lowest BCUT2D eigenvalue weighted by atomic mass is 10.1. The SMILES string of the molecule is CCc1cc(N2C(=O)CN(c3cncc(C(F)(F)F)c3)C2=O)ccc1Oc1ncnc2[nH]c(=O)cnc12. The highest BCUT2D eigenvalue weighted by atomic mass is 19.4. The highest BCUT2D eigenvalue weighted by Gasteiger charge is 2.39. The summed E-state index contributed by atoms with van der Waals surface area (Å²) >= 11 is 0. The average molecular weight is 511 g/mol. The first-order chi connectivity index (χ1) is 17.7.